The van der Waals surface area contributed by atoms with Gasteiger partial charge < -0.3 is 0 Å². The number of aromatic nitrogens is 1. The maximum Gasteiger partial charge on any atom is 0.205 e. The van der Waals surface area contributed by atoms with Crippen LogP contribution in [0.15, 0.2) is 12.3 Å². The molecule has 0 N–H and O–H groups in total. The lowest BCUT2D eigenvalue weighted by atomic mass is 10.1. The summed E-state index contributed by atoms with van der Waals surface area (Å²) in [6.07, 6.45) is 2.35. The fraction of sp³-hybridized carbons (Fsp3) is 0.182. The molecule has 0 aromatic carbocycles. The highest BCUT2D eigenvalue weighted by Gasteiger charge is 2.16. The lowest BCUT2D eigenvalue weighted by Gasteiger charge is -1.94. The van der Waals surface area contributed by atoms with E-state index in [0.29, 0.717) is 15.3 Å². The molecule has 2 rings (SSSR count). The normalized spacial score (nSPS) is 10.4. The molecular weight excluding hydrogens is 242 g/mol. The van der Waals surface area contributed by atoms with Gasteiger partial charge in [-0.15, -0.1) is 22.7 Å². The molecule has 0 radical (unpaired) electrons. The Morgan fingerprint density at radius 3 is 2.62 bits per heavy atom. The van der Waals surface area contributed by atoms with Crippen LogP contribution in [-0.4, -0.2) is 17.1 Å². The number of thiazole rings is 1. The molecule has 0 saturated heterocycles. The Morgan fingerprint density at radius 2 is 2.12 bits per heavy atom. The van der Waals surface area contributed by atoms with Gasteiger partial charge in [0, 0.05) is 16.6 Å². The van der Waals surface area contributed by atoms with Gasteiger partial charge in [-0.2, -0.15) is 0 Å². The summed E-state index contributed by atoms with van der Waals surface area (Å²) in [6, 6.07) is 1.64. The van der Waals surface area contributed by atoms with Gasteiger partial charge in [0.15, 0.2) is 6.29 Å². The van der Waals surface area contributed by atoms with Crippen LogP contribution in [0.4, 0.5) is 0 Å². The molecule has 0 unspecified atom stereocenters. The number of hydrogen-bond donors (Lipinski definition) is 0. The molecule has 0 atom stereocenters. The third-order valence-corrected chi connectivity index (χ3v) is 4.03. The van der Waals surface area contributed by atoms with Crippen LogP contribution in [0.2, 0.25) is 0 Å². The standard InChI is InChI=1S/C11H9NO2S2/c1-6-9(3-8(5-13)15-6)11(14)10-4-12-7(2)16-10/h3-5H,1-2H3. The molecule has 0 amide bonds. The second kappa shape index (κ2) is 4.27. The number of rotatable bonds is 3. The summed E-state index contributed by atoms with van der Waals surface area (Å²) in [6.45, 7) is 3.71. The smallest absolute Gasteiger partial charge is 0.205 e. The van der Waals surface area contributed by atoms with Crippen molar-refractivity contribution in [2.24, 2.45) is 0 Å². The third-order valence-electron chi connectivity index (χ3n) is 2.14. The number of carbonyl (C=O) groups excluding carboxylic acids is 2. The zero-order valence-corrected chi connectivity index (χ0v) is 10.4. The molecule has 16 heavy (non-hydrogen) atoms. The van der Waals surface area contributed by atoms with Crippen molar-refractivity contribution < 1.29 is 9.59 Å². The molecule has 0 saturated carbocycles. The first kappa shape index (κ1) is 11.2. The van der Waals surface area contributed by atoms with E-state index in [-0.39, 0.29) is 5.78 Å². The summed E-state index contributed by atoms with van der Waals surface area (Å²) in [4.78, 5) is 28.8. The molecular formula is C11H9NO2S2. The van der Waals surface area contributed by atoms with Crippen LogP contribution >= 0.6 is 22.7 Å². The van der Waals surface area contributed by atoms with E-state index < -0.39 is 0 Å². The van der Waals surface area contributed by atoms with E-state index in [9.17, 15) is 9.59 Å². The minimum Gasteiger partial charge on any atom is -0.297 e. The molecule has 0 spiro atoms. The monoisotopic (exact) mass is 251 g/mol. The summed E-state index contributed by atoms with van der Waals surface area (Å²) in [5.74, 6) is -0.0487. The SMILES string of the molecule is Cc1ncc(C(=O)c2cc(C=O)sc2C)s1. The maximum atomic E-state index is 12.1. The zero-order chi connectivity index (χ0) is 11.7. The highest BCUT2D eigenvalue weighted by Crippen LogP contribution is 2.24. The predicted molar refractivity (Wildman–Crippen MR) is 64.7 cm³/mol. The van der Waals surface area contributed by atoms with Gasteiger partial charge in [0.1, 0.15) is 0 Å². The first-order valence-corrected chi connectivity index (χ1v) is 6.28. The van der Waals surface area contributed by atoms with Crippen LogP contribution in [0.25, 0.3) is 0 Å². The predicted octanol–water partition coefficient (Wildman–Crippen LogP) is 2.86. The van der Waals surface area contributed by atoms with Crippen LogP contribution < -0.4 is 0 Å². The van der Waals surface area contributed by atoms with E-state index in [2.05, 4.69) is 4.98 Å². The van der Waals surface area contributed by atoms with E-state index >= 15 is 0 Å². The van der Waals surface area contributed by atoms with Crippen LogP contribution in [-0.2, 0) is 0 Å². The van der Waals surface area contributed by atoms with Crippen molar-refractivity contribution >= 4 is 34.7 Å². The van der Waals surface area contributed by atoms with Crippen molar-refractivity contribution in [3.63, 3.8) is 0 Å². The van der Waals surface area contributed by atoms with Gasteiger partial charge in [-0.3, -0.25) is 9.59 Å². The first-order chi connectivity index (χ1) is 7.61. The van der Waals surface area contributed by atoms with Gasteiger partial charge >= 0.3 is 0 Å². The van der Waals surface area contributed by atoms with E-state index in [1.807, 2.05) is 13.8 Å². The van der Waals surface area contributed by atoms with Crippen molar-refractivity contribution in [2.75, 3.05) is 0 Å². The minimum atomic E-state index is -0.0487. The first-order valence-electron chi connectivity index (χ1n) is 4.64. The second-order valence-corrected chi connectivity index (χ2v) is 5.83. The van der Waals surface area contributed by atoms with Crippen LogP contribution in [0.5, 0.6) is 0 Å². The lowest BCUT2D eigenvalue weighted by molar-refractivity contribution is 0.104. The second-order valence-electron chi connectivity index (χ2n) is 3.31. The van der Waals surface area contributed by atoms with Crippen molar-refractivity contribution in [1.29, 1.82) is 0 Å². The number of aryl methyl sites for hydroxylation is 2. The number of aldehydes is 1. The van der Waals surface area contributed by atoms with Gasteiger partial charge in [0.25, 0.3) is 0 Å². The number of hydrogen-bond acceptors (Lipinski definition) is 5. The van der Waals surface area contributed by atoms with Crippen molar-refractivity contribution in [3.05, 3.63) is 37.5 Å². The largest absolute Gasteiger partial charge is 0.297 e. The Morgan fingerprint density at radius 1 is 1.38 bits per heavy atom. The van der Waals surface area contributed by atoms with Gasteiger partial charge in [-0.05, 0) is 19.9 Å². The van der Waals surface area contributed by atoms with Crippen molar-refractivity contribution in [2.45, 2.75) is 13.8 Å². The average molecular weight is 251 g/mol. The minimum absolute atomic E-state index is 0.0487. The summed E-state index contributed by atoms with van der Waals surface area (Å²) >= 11 is 2.71. The Kier molecular flexibility index (Phi) is 2.98. The average Bonchev–Trinajstić information content (AvgIpc) is 2.83. The highest BCUT2D eigenvalue weighted by atomic mass is 32.1. The fourth-order valence-electron chi connectivity index (χ4n) is 1.39. The van der Waals surface area contributed by atoms with Gasteiger partial charge in [-0.1, -0.05) is 0 Å². The summed E-state index contributed by atoms with van der Waals surface area (Å²) in [5, 5.41) is 0.867. The summed E-state index contributed by atoms with van der Waals surface area (Å²) in [5.41, 5.74) is 0.607. The van der Waals surface area contributed by atoms with Gasteiger partial charge in [-0.25, -0.2) is 4.98 Å². The van der Waals surface area contributed by atoms with E-state index in [0.717, 1.165) is 16.2 Å². The Bertz CT molecular complexity index is 554. The Balaban J connectivity index is 2.40. The van der Waals surface area contributed by atoms with Crippen LogP contribution in [0.3, 0.4) is 0 Å². The maximum absolute atomic E-state index is 12.1. The van der Waals surface area contributed by atoms with E-state index in [4.69, 9.17) is 0 Å². The Labute approximate surface area is 101 Å². The molecule has 2 aromatic rings. The molecule has 0 fully saturated rings. The van der Waals surface area contributed by atoms with E-state index in [1.54, 1.807) is 12.3 Å². The molecule has 5 heteroatoms. The van der Waals surface area contributed by atoms with Crippen molar-refractivity contribution in [3.8, 4) is 0 Å². The molecule has 0 aliphatic rings. The van der Waals surface area contributed by atoms with E-state index in [1.165, 1.54) is 22.7 Å². The third kappa shape index (κ3) is 1.96. The number of carbonyl (C=O) groups is 2. The summed E-state index contributed by atoms with van der Waals surface area (Å²) < 4.78 is 0. The van der Waals surface area contributed by atoms with Gasteiger partial charge in [0.2, 0.25) is 5.78 Å². The number of nitrogens with zero attached hydrogens (tertiary/aromatic N) is 1. The molecule has 2 heterocycles. The molecule has 0 aliphatic heterocycles. The van der Waals surface area contributed by atoms with Crippen LogP contribution in [0.1, 0.15) is 34.8 Å². The quantitative estimate of drug-likeness (QED) is 0.622. The molecule has 82 valence electrons. The fourth-order valence-corrected chi connectivity index (χ4v) is 2.96. The molecule has 0 aliphatic carbocycles. The zero-order valence-electron chi connectivity index (χ0n) is 8.81. The topological polar surface area (TPSA) is 47.0 Å². The summed E-state index contributed by atoms with van der Waals surface area (Å²) in [7, 11) is 0. The van der Waals surface area contributed by atoms with Crippen LogP contribution in [0, 0.1) is 13.8 Å². The van der Waals surface area contributed by atoms with Crippen molar-refractivity contribution in [1.82, 2.24) is 4.98 Å². The molecule has 0 bridgehead atoms. The number of ketones is 1. The van der Waals surface area contributed by atoms with Gasteiger partial charge in [0.05, 0.1) is 14.8 Å². The molecule has 3 nitrogen and oxygen atoms in total. The Hall–Kier alpha value is -1.33. The lowest BCUT2D eigenvalue weighted by Crippen LogP contribution is -1.98. The molecule has 2 aromatic heterocycles. The highest BCUT2D eigenvalue weighted by molar-refractivity contribution is 7.15. The number of thiophene rings is 1.